The molecule has 0 bridgehead atoms. The summed E-state index contributed by atoms with van der Waals surface area (Å²) in [4.78, 5) is 14.8. The van der Waals surface area contributed by atoms with Gasteiger partial charge in [0.25, 0.3) is 0 Å². The van der Waals surface area contributed by atoms with E-state index in [1.807, 2.05) is 18.2 Å². The SMILES string of the molecule is O=C(O)c1ccc(SCc2ccc3c(c2)OCO3)nc1. The van der Waals surface area contributed by atoms with E-state index in [1.165, 1.54) is 18.0 Å². The minimum Gasteiger partial charge on any atom is -0.478 e. The van der Waals surface area contributed by atoms with Crippen molar-refractivity contribution in [1.82, 2.24) is 4.98 Å². The van der Waals surface area contributed by atoms with Gasteiger partial charge in [-0.3, -0.25) is 0 Å². The molecular weight excluding hydrogens is 278 g/mol. The van der Waals surface area contributed by atoms with Gasteiger partial charge in [-0.05, 0) is 29.8 Å². The number of fused-ring (bicyclic) bond motifs is 1. The molecule has 0 atom stereocenters. The van der Waals surface area contributed by atoms with Gasteiger partial charge in [-0.15, -0.1) is 11.8 Å². The molecule has 1 aromatic heterocycles. The molecule has 6 heteroatoms. The summed E-state index contributed by atoms with van der Waals surface area (Å²) in [6.45, 7) is 0.268. The third-order valence-electron chi connectivity index (χ3n) is 2.81. The zero-order valence-corrected chi connectivity index (χ0v) is 11.2. The molecule has 1 N–H and O–H groups in total. The molecule has 3 rings (SSSR count). The molecule has 2 heterocycles. The number of pyridine rings is 1. The standard InChI is InChI=1S/C14H11NO4S/c16-14(17)10-2-4-13(15-6-10)20-7-9-1-3-11-12(5-9)19-8-18-11/h1-6H,7-8H2,(H,16,17). The number of aromatic nitrogens is 1. The number of carboxylic acids is 1. The monoisotopic (exact) mass is 289 g/mol. The van der Waals surface area contributed by atoms with Crippen LogP contribution in [0.2, 0.25) is 0 Å². The van der Waals surface area contributed by atoms with Crippen molar-refractivity contribution in [3.8, 4) is 11.5 Å². The lowest BCUT2D eigenvalue weighted by Gasteiger charge is -2.03. The van der Waals surface area contributed by atoms with Crippen molar-refractivity contribution in [1.29, 1.82) is 0 Å². The van der Waals surface area contributed by atoms with E-state index in [1.54, 1.807) is 12.1 Å². The Labute approximate surface area is 119 Å². The molecule has 0 saturated heterocycles. The maximum Gasteiger partial charge on any atom is 0.337 e. The molecule has 0 radical (unpaired) electrons. The first-order chi connectivity index (χ1) is 9.72. The molecule has 0 fully saturated rings. The van der Waals surface area contributed by atoms with E-state index >= 15 is 0 Å². The van der Waals surface area contributed by atoms with Crippen LogP contribution in [0.1, 0.15) is 15.9 Å². The average molecular weight is 289 g/mol. The van der Waals surface area contributed by atoms with Crippen molar-refractivity contribution in [2.75, 3.05) is 6.79 Å². The van der Waals surface area contributed by atoms with Crippen molar-refractivity contribution in [3.63, 3.8) is 0 Å². The summed E-state index contributed by atoms with van der Waals surface area (Å²) >= 11 is 1.54. The number of hydrogen-bond acceptors (Lipinski definition) is 5. The van der Waals surface area contributed by atoms with E-state index in [0.717, 1.165) is 27.8 Å². The van der Waals surface area contributed by atoms with Crippen LogP contribution in [0.3, 0.4) is 0 Å². The number of carboxylic acid groups (broad SMARTS) is 1. The number of thioether (sulfide) groups is 1. The quantitative estimate of drug-likeness (QED) is 0.873. The van der Waals surface area contributed by atoms with Crippen molar-refractivity contribution >= 4 is 17.7 Å². The summed E-state index contributed by atoms with van der Waals surface area (Å²) in [7, 11) is 0. The van der Waals surface area contributed by atoms with E-state index in [2.05, 4.69) is 4.98 Å². The zero-order valence-electron chi connectivity index (χ0n) is 10.4. The number of carbonyl (C=O) groups is 1. The summed E-state index contributed by atoms with van der Waals surface area (Å²) < 4.78 is 10.6. The predicted octanol–water partition coefficient (Wildman–Crippen LogP) is 2.80. The van der Waals surface area contributed by atoms with Gasteiger partial charge < -0.3 is 14.6 Å². The second-order valence-corrected chi connectivity index (χ2v) is 5.16. The topological polar surface area (TPSA) is 68.7 Å². The highest BCUT2D eigenvalue weighted by molar-refractivity contribution is 7.98. The molecule has 20 heavy (non-hydrogen) atoms. The number of benzene rings is 1. The van der Waals surface area contributed by atoms with Crippen LogP contribution in [-0.2, 0) is 5.75 Å². The summed E-state index contributed by atoms with van der Waals surface area (Å²) in [6, 6.07) is 9.07. The Hall–Kier alpha value is -2.21. The Bertz CT molecular complexity index is 642. The summed E-state index contributed by atoms with van der Waals surface area (Å²) in [5, 5.41) is 9.59. The highest BCUT2D eigenvalue weighted by Gasteiger charge is 2.13. The molecule has 2 aromatic rings. The predicted molar refractivity (Wildman–Crippen MR) is 73.3 cm³/mol. The lowest BCUT2D eigenvalue weighted by atomic mass is 10.2. The zero-order chi connectivity index (χ0) is 13.9. The highest BCUT2D eigenvalue weighted by atomic mass is 32.2. The van der Waals surface area contributed by atoms with Crippen LogP contribution in [0, 0.1) is 0 Å². The second kappa shape index (κ2) is 5.42. The molecular formula is C14H11NO4S. The maximum absolute atomic E-state index is 10.7. The molecule has 1 aromatic carbocycles. The van der Waals surface area contributed by atoms with E-state index in [-0.39, 0.29) is 12.4 Å². The van der Waals surface area contributed by atoms with Crippen LogP contribution in [0.4, 0.5) is 0 Å². The van der Waals surface area contributed by atoms with Crippen LogP contribution in [0.5, 0.6) is 11.5 Å². The van der Waals surface area contributed by atoms with Crippen molar-refractivity contribution in [2.45, 2.75) is 10.8 Å². The fourth-order valence-electron chi connectivity index (χ4n) is 1.78. The summed E-state index contributed by atoms with van der Waals surface area (Å²) in [5.74, 6) is 1.29. The largest absolute Gasteiger partial charge is 0.478 e. The molecule has 0 unspecified atom stereocenters. The van der Waals surface area contributed by atoms with Crippen molar-refractivity contribution < 1.29 is 19.4 Å². The van der Waals surface area contributed by atoms with Gasteiger partial charge in [-0.25, -0.2) is 9.78 Å². The van der Waals surface area contributed by atoms with Crippen LogP contribution < -0.4 is 9.47 Å². The Morgan fingerprint density at radius 3 is 2.85 bits per heavy atom. The molecule has 0 aliphatic carbocycles. The van der Waals surface area contributed by atoms with Gasteiger partial charge in [-0.2, -0.15) is 0 Å². The van der Waals surface area contributed by atoms with Gasteiger partial charge in [0.1, 0.15) is 0 Å². The summed E-state index contributed by atoms with van der Waals surface area (Å²) in [5.41, 5.74) is 1.29. The van der Waals surface area contributed by atoms with Gasteiger partial charge in [0, 0.05) is 11.9 Å². The molecule has 1 aliphatic rings. The molecule has 0 spiro atoms. The first kappa shape index (κ1) is 12.8. The van der Waals surface area contributed by atoms with Crippen LogP contribution >= 0.6 is 11.8 Å². The fourth-order valence-corrected chi connectivity index (χ4v) is 2.57. The molecule has 0 amide bonds. The van der Waals surface area contributed by atoms with E-state index in [9.17, 15) is 4.79 Å². The molecule has 102 valence electrons. The number of hydrogen-bond donors (Lipinski definition) is 1. The van der Waals surface area contributed by atoms with Crippen LogP contribution in [-0.4, -0.2) is 22.9 Å². The Balaban J connectivity index is 1.65. The van der Waals surface area contributed by atoms with E-state index in [0.29, 0.717) is 0 Å². The first-order valence-electron chi connectivity index (χ1n) is 5.93. The Morgan fingerprint density at radius 1 is 1.25 bits per heavy atom. The normalized spacial score (nSPS) is 12.4. The summed E-state index contributed by atoms with van der Waals surface area (Å²) in [6.07, 6.45) is 1.37. The van der Waals surface area contributed by atoms with Gasteiger partial charge in [0.05, 0.1) is 10.6 Å². The number of aromatic carboxylic acids is 1. The first-order valence-corrected chi connectivity index (χ1v) is 6.91. The molecule has 5 nitrogen and oxygen atoms in total. The average Bonchev–Trinajstić information content (AvgIpc) is 2.93. The minimum atomic E-state index is -0.968. The number of nitrogens with zero attached hydrogens (tertiary/aromatic N) is 1. The van der Waals surface area contributed by atoms with Crippen molar-refractivity contribution in [2.24, 2.45) is 0 Å². The molecule has 1 aliphatic heterocycles. The fraction of sp³-hybridized carbons (Fsp3) is 0.143. The van der Waals surface area contributed by atoms with Gasteiger partial charge in [0.2, 0.25) is 6.79 Å². The molecule has 0 saturated carbocycles. The van der Waals surface area contributed by atoms with Gasteiger partial charge in [-0.1, -0.05) is 6.07 Å². The Morgan fingerprint density at radius 2 is 2.10 bits per heavy atom. The number of ether oxygens (including phenoxy) is 2. The third-order valence-corrected chi connectivity index (χ3v) is 3.82. The van der Waals surface area contributed by atoms with Crippen LogP contribution in [0.25, 0.3) is 0 Å². The van der Waals surface area contributed by atoms with Gasteiger partial charge in [0.15, 0.2) is 11.5 Å². The van der Waals surface area contributed by atoms with E-state index in [4.69, 9.17) is 14.6 Å². The van der Waals surface area contributed by atoms with Gasteiger partial charge >= 0.3 is 5.97 Å². The van der Waals surface area contributed by atoms with Crippen molar-refractivity contribution in [3.05, 3.63) is 47.7 Å². The lowest BCUT2D eigenvalue weighted by molar-refractivity contribution is 0.0696. The second-order valence-electron chi connectivity index (χ2n) is 4.17. The third kappa shape index (κ3) is 2.70. The van der Waals surface area contributed by atoms with E-state index < -0.39 is 5.97 Å². The Kier molecular flexibility index (Phi) is 3.47. The smallest absolute Gasteiger partial charge is 0.337 e. The minimum absolute atomic E-state index is 0.192. The number of rotatable bonds is 4. The van der Waals surface area contributed by atoms with Crippen LogP contribution in [0.15, 0.2) is 41.6 Å². The lowest BCUT2D eigenvalue weighted by Crippen LogP contribution is -1.96. The maximum atomic E-state index is 10.7. The highest BCUT2D eigenvalue weighted by Crippen LogP contribution is 2.34.